The Labute approximate surface area is 143 Å². The van der Waals surface area contributed by atoms with E-state index in [0.29, 0.717) is 30.9 Å². The third-order valence-electron chi connectivity index (χ3n) is 4.37. The lowest BCUT2D eigenvalue weighted by atomic mass is 10.0. The summed E-state index contributed by atoms with van der Waals surface area (Å²) < 4.78 is 34.7. The molecule has 4 atom stereocenters. The Morgan fingerprint density at radius 2 is 2.20 bits per heavy atom. The number of carbonyl (C=O) groups is 2. The van der Waals surface area contributed by atoms with Crippen LogP contribution in [0, 0.1) is 11.3 Å². The van der Waals surface area contributed by atoms with Crippen LogP contribution in [0.1, 0.15) is 19.3 Å². The van der Waals surface area contributed by atoms with Gasteiger partial charge in [-0.3, -0.25) is 19.5 Å². The van der Waals surface area contributed by atoms with Gasteiger partial charge >= 0.3 is 16.4 Å². The van der Waals surface area contributed by atoms with E-state index < -0.39 is 34.4 Å². The Bertz CT molecular complexity index is 707. The topological polar surface area (TPSA) is 161 Å². The Morgan fingerprint density at radius 1 is 1.44 bits per heavy atom. The van der Waals surface area contributed by atoms with Gasteiger partial charge in [0, 0.05) is 19.5 Å². The molecule has 0 aliphatic carbocycles. The van der Waals surface area contributed by atoms with Gasteiger partial charge in [0.25, 0.3) is 5.91 Å². The zero-order valence-electron chi connectivity index (χ0n) is 13.0. The molecule has 3 fully saturated rings. The molecule has 0 unspecified atom stereocenters. The van der Waals surface area contributed by atoms with Gasteiger partial charge in [0.2, 0.25) is 0 Å². The minimum Gasteiger partial charge on any atom is -0.309 e. The van der Waals surface area contributed by atoms with E-state index in [1.165, 1.54) is 4.90 Å². The highest BCUT2D eigenvalue weighted by molar-refractivity contribution is 7.80. The van der Waals surface area contributed by atoms with Crippen LogP contribution in [0.15, 0.2) is 0 Å². The highest BCUT2D eigenvalue weighted by atomic mass is 32.3. The molecule has 13 heteroatoms. The first-order valence-corrected chi connectivity index (χ1v) is 9.00. The second-order valence-corrected chi connectivity index (χ2v) is 7.05. The van der Waals surface area contributed by atoms with Crippen molar-refractivity contribution in [2.45, 2.75) is 43.5 Å². The van der Waals surface area contributed by atoms with Crippen molar-refractivity contribution in [2.24, 2.45) is 0 Å². The molecule has 3 amide bonds. The molecule has 3 N–H and O–H groups in total. The molecule has 12 nitrogen and oxygen atoms in total. The van der Waals surface area contributed by atoms with Crippen molar-refractivity contribution in [3.63, 3.8) is 0 Å². The average molecular weight is 375 g/mol. The number of nitrogens with one attached hydrogen (secondary N) is 2. The third-order valence-corrected chi connectivity index (χ3v) is 4.72. The highest BCUT2D eigenvalue weighted by Crippen LogP contribution is 2.30. The Hall–Kier alpha value is -1.98. The van der Waals surface area contributed by atoms with Gasteiger partial charge in [0.1, 0.15) is 12.1 Å². The number of rotatable bonds is 5. The van der Waals surface area contributed by atoms with Crippen LogP contribution in [-0.4, -0.2) is 72.2 Å². The molecular formula is C12H17N5O7S. The van der Waals surface area contributed by atoms with E-state index in [1.54, 1.807) is 0 Å². The van der Waals surface area contributed by atoms with Crippen LogP contribution in [0.2, 0.25) is 0 Å². The monoisotopic (exact) mass is 375 g/mol. The summed E-state index contributed by atoms with van der Waals surface area (Å²) in [6, 6.07) is -0.486. The standard InChI is InChI=1S/C12H17N5O7S/c13-4-7-3-9(5-14-7)23-15-11(18)10-2-1-8-6-16(10)12(19)17(8)24-25(20,21)22/h7-10,14H,1-3,5-6H2,(H,15,18)(H,20,21,22)/t7-,8+,9+,10-/m0/s1. The number of nitriles is 1. The van der Waals surface area contributed by atoms with Crippen molar-refractivity contribution in [3.05, 3.63) is 0 Å². The molecule has 3 aliphatic heterocycles. The fraction of sp³-hybridized carbons (Fsp3) is 0.750. The van der Waals surface area contributed by atoms with Gasteiger partial charge in [-0.15, -0.1) is 4.28 Å². The summed E-state index contributed by atoms with van der Waals surface area (Å²) in [6.07, 6.45) is 0.707. The third kappa shape index (κ3) is 3.83. The number of piperidine rings is 1. The number of fused-ring (bicyclic) bond motifs is 2. The van der Waals surface area contributed by atoms with Crippen molar-refractivity contribution >= 4 is 22.3 Å². The zero-order valence-corrected chi connectivity index (χ0v) is 13.8. The van der Waals surface area contributed by atoms with Crippen molar-refractivity contribution in [3.8, 4) is 6.07 Å². The lowest BCUT2D eigenvalue weighted by molar-refractivity contribution is -0.142. The highest BCUT2D eigenvalue weighted by Gasteiger charge is 2.49. The van der Waals surface area contributed by atoms with Gasteiger partial charge in [-0.05, 0) is 12.8 Å². The molecule has 3 aliphatic rings. The minimum absolute atomic E-state index is 0.105. The fourth-order valence-corrected chi connectivity index (χ4v) is 3.59. The minimum atomic E-state index is -4.83. The molecule has 0 spiro atoms. The molecule has 0 aromatic carbocycles. The van der Waals surface area contributed by atoms with E-state index in [1.807, 2.05) is 0 Å². The largest absolute Gasteiger partial charge is 0.418 e. The molecule has 3 heterocycles. The molecule has 3 saturated heterocycles. The molecular weight excluding hydrogens is 358 g/mol. The maximum absolute atomic E-state index is 12.3. The van der Waals surface area contributed by atoms with Crippen molar-refractivity contribution in [1.82, 2.24) is 20.8 Å². The summed E-state index contributed by atoms with van der Waals surface area (Å²) in [6.45, 7) is 0.526. The second kappa shape index (κ2) is 6.73. The molecule has 3 rings (SSSR count). The van der Waals surface area contributed by atoms with E-state index >= 15 is 0 Å². The second-order valence-electron chi connectivity index (χ2n) is 6.04. The van der Waals surface area contributed by atoms with Gasteiger partial charge in [-0.2, -0.15) is 18.7 Å². The van der Waals surface area contributed by atoms with E-state index in [9.17, 15) is 18.0 Å². The average Bonchev–Trinajstić information content (AvgIpc) is 3.11. The number of hydrogen-bond donors (Lipinski definition) is 3. The summed E-state index contributed by atoms with van der Waals surface area (Å²) in [5.41, 5.74) is 2.30. The number of hydroxylamine groups is 3. The van der Waals surface area contributed by atoms with E-state index in [-0.39, 0.29) is 18.7 Å². The SMILES string of the molecule is N#C[C@@H]1C[C@@H](ONC(=O)[C@@H]2CC[C@@H]3CN2C(=O)N3OS(=O)(=O)O)CN1. The molecule has 0 radical (unpaired) electrons. The van der Waals surface area contributed by atoms with Crippen LogP contribution in [0.3, 0.4) is 0 Å². The lowest BCUT2D eigenvalue weighted by Crippen LogP contribution is -2.50. The quantitative estimate of drug-likeness (QED) is 0.375. The first-order valence-electron chi connectivity index (χ1n) is 7.64. The zero-order chi connectivity index (χ0) is 18.2. The predicted molar refractivity (Wildman–Crippen MR) is 78.4 cm³/mol. The van der Waals surface area contributed by atoms with Crippen molar-refractivity contribution < 1.29 is 31.7 Å². The summed E-state index contributed by atoms with van der Waals surface area (Å²) in [7, 11) is -4.83. The normalized spacial score (nSPS) is 31.9. The summed E-state index contributed by atoms with van der Waals surface area (Å²) in [5, 5.41) is 12.3. The van der Waals surface area contributed by atoms with Crippen LogP contribution in [0.25, 0.3) is 0 Å². The number of urea groups is 1. The fourth-order valence-electron chi connectivity index (χ4n) is 3.20. The van der Waals surface area contributed by atoms with Crippen molar-refractivity contribution in [1.29, 1.82) is 5.26 Å². The van der Waals surface area contributed by atoms with Gasteiger partial charge in [-0.1, -0.05) is 0 Å². The summed E-state index contributed by atoms with van der Waals surface area (Å²) >= 11 is 0. The summed E-state index contributed by atoms with van der Waals surface area (Å²) in [4.78, 5) is 30.9. The Balaban J connectivity index is 1.56. The van der Waals surface area contributed by atoms with Crippen LogP contribution < -0.4 is 10.8 Å². The first-order chi connectivity index (χ1) is 11.8. The summed E-state index contributed by atoms with van der Waals surface area (Å²) in [5.74, 6) is -0.541. The Kier molecular flexibility index (Phi) is 4.80. The van der Waals surface area contributed by atoms with Crippen LogP contribution in [0.4, 0.5) is 4.79 Å². The number of carbonyl (C=O) groups excluding carboxylic acids is 2. The van der Waals surface area contributed by atoms with Crippen molar-refractivity contribution in [2.75, 3.05) is 13.1 Å². The smallest absolute Gasteiger partial charge is 0.309 e. The van der Waals surface area contributed by atoms with E-state index in [0.717, 1.165) is 0 Å². The van der Waals surface area contributed by atoms with Gasteiger partial charge in [-0.25, -0.2) is 10.3 Å². The maximum atomic E-state index is 12.3. The molecule has 138 valence electrons. The number of amides is 3. The number of nitrogens with zero attached hydrogens (tertiary/aromatic N) is 3. The maximum Gasteiger partial charge on any atom is 0.418 e. The van der Waals surface area contributed by atoms with Crippen LogP contribution in [0.5, 0.6) is 0 Å². The van der Waals surface area contributed by atoms with E-state index in [2.05, 4.69) is 21.1 Å². The molecule has 0 aromatic heterocycles. The molecule has 0 aromatic rings. The molecule has 0 saturated carbocycles. The van der Waals surface area contributed by atoms with Gasteiger partial charge in [0.05, 0.1) is 18.2 Å². The van der Waals surface area contributed by atoms with Gasteiger partial charge < -0.3 is 4.90 Å². The Morgan fingerprint density at radius 3 is 2.84 bits per heavy atom. The molecule has 25 heavy (non-hydrogen) atoms. The number of hydrogen-bond acceptors (Lipinski definition) is 8. The first kappa shape index (κ1) is 17.8. The van der Waals surface area contributed by atoms with Crippen LogP contribution in [-0.2, 0) is 24.3 Å². The van der Waals surface area contributed by atoms with Gasteiger partial charge in [0.15, 0.2) is 0 Å². The van der Waals surface area contributed by atoms with E-state index in [4.69, 9.17) is 14.7 Å². The lowest BCUT2D eigenvalue weighted by Gasteiger charge is -2.29. The predicted octanol–water partition coefficient (Wildman–Crippen LogP) is -1.71. The van der Waals surface area contributed by atoms with Crippen LogP contribution >= 0.6 is 0 Å². The molecule has 2 bridgehead atoms.